The molecule has 0 amide bonds. The Morgan fingerprint density at radius 3 is 2.55 bits per heavy atom. The van der Waals surface area contributed by atoms with Crippen LogP contribution in [0.5, 0.6) is 0 Å². The van der Waals surface area contributed by atoms with Crippen molar-refractivity contribution in [3.8, 4) is 0 Å². The van der Waals surface area contributed by atoms with E-state index >= 15 is 0 Å². The number of para-hydroxylation sites is 2. The van der Waals surface area contributed by atoms with Crippen LogP contribution in [-0.2, 0) is 0 Å². The predicted octanol–water partition coefficient (Wildman–Crippen LogP) is 2.58. The third kappa shape index (κ3) is 2.72. The lowest BCUT2D eigenvalue weighted by atomic mass is 10.2. The topological polar surface area (TPSA) is 55.0 Å². The molecular weight excluding hydrogens is 268 g/mol. The molecule has 0 spiro atoms. The number of nitrogens with zero attached hydrogens (tertiary/aromatic N) is 3. The monoisotopic (exact) mass is 286 g/mol. The zero-order valence-electron chi connectivity index (χ0n) is 11.5. The van der Waals surface area contributed by atoms with E-state index in [-0.39, 0.29) is 0 Å². The van der Waals surface area contributed by atoms with Gasteiger partial charge in [-0.1, -0.05) is 24.4 Å². The Balaban J connectivity index is 1.97. The van der Waals surface area contributed by atoms with Gasteiger partial charge in [-0.05, 0) is 31.9 Å². The minimum Gasteiger partial charge on any atom is -0.393 e. The summed E-state index contributed by atoms with van der Waals surface area (Å²) in [5, 5.41) is 0. The summed E-state index contributed by atoms with van der Waals surface area (Å²) in [5.41, 5.74) is 8.49. The van der Waals surface area contributed by atoms with E-state index in [0.29, 0.717) is 11.0 Å². The standard InChI is InChI=1S/C15H18N4S/c1-10-15(18-13-5-3-2-4-12(13)17-10)19(11-6-7-11)9-8-14(16)20/h2-5,11H,6-9H2,1H3,(H2,16,20). The summed E-state index contributed by atoms with van der Waals surface area (Å²) < 4.78 is 0. The van der Waals surface area contributed by atoms with Crippen LogP contribution >= 0.6 is 12.2 Å². The molecule has 20 heavy (non-hydrogen) atoms. The van der Waals surface area contributed by atoms with E-state index in [0.717, 1.165) is 35.5 Å². The van der Waals surface area contributed by atoms with Crippen molar-refractivity contribution < 1.29 is 0 Å². The van der Waals surface area contributed by atoms with Gasteiger partial charge in [-0.3, -0.25) is 0 Å². The molecular formula is C15H18N4S. The Morgan fingerprint density at radius 1 is 1.30 bits per heavy atom. The maximum atomic E-state index is 5.64. The van der Waals surface area contributed by atoms with Crippen LogP contribution in [0, 0.1) is 6.92 Å². The minimum absolute atomic E-state index is 0.557. The number of aryl methyl sites for hydroxylation is 1. The Kier molecular flexibility index (Phi) is 3.53. The Morgan fingerprint density at radius 2 is 1.95 bits per heavy atom. The van der Waals surface area contributed by atoms with Gasteiger partial charge in [-0.25, -0.2) is 9.97 Å². The van der Waals surface area contributed by atoms with Crippen molar-refractivity contribution in [1.82, 2.24) is 9.97 Å². The molecule has 4 nitrogen and oxygen atoms in total. The molecule has 0 saturated heterocycles. The van der Waals surface area contributed by atoms with Crippen molar-refractivity contribution in [2.24, 2.45) is 5.73 Å². The summed E-state index contributed by atoms with van der Waals surface area (Å²) in [4.78, 5) is 12.3. The van der Waals surface area contributed by atoms with Crippen LogP contribution in [0.4, 0.5) is 5.82 Å². The SMILES string of the molecule is Cc1nc2ccccc2nc1N(CCC(N)=S)C1CC1. The Bertz CT molecular complexity index is 651. The first-order valence-corrected chi connectivity index (χ1v) is 7.34. The molecule has 2 N–H and O–H groups in total. The average molecular weight is 286 g/mol. The number of rotatable bonds is 5. The largest absolute Gasteiger partial charge is 0.393 e. The van der Waals surface area contributed by atoms with Gasteiger partial charge in [0, 0.05) is 19.0 Å². The average Bonchev–Trinajstić information content (AvgIpc) is 3.23. The number of hydrogen-bond acceptors (Lipinski definition) is 4. The first kappa shape index (κ1) is 13.2. The third-order valence-corrected chi connectivity index (χ3v) is 3.78. The summed E-state index contributed by atoms with van der Waals surface area (Å²) in [6.07, 6.45) is 3.15. The summed E-state index contributed by atoms with van der Waals surface area (Å²) in [6.45, 7) is 2.85. The van der Waals surface area contributed by atoms with Crippen LogP contribution < -0.4 is 10.6 Å². The van der Waals surface area contributed by atoms with Crippen molar-refractivity contribution >= 4 is 34.1 Å². The number of benzene rings is 1. The van der Waals surface area contributed by atoms with Crippen molar-refractivity contribution in [2.75, 3.05) is 11.4 Å². The molecule has 0 atom stereocenters. The highest BCUT2D eigenvalue weighted by atomic mass is 32.1. The van der Waals surface area contributed by atoms with Crippen LogP contribution in [-0.4, -0.2) is 27.5 Å². The van der Waals surface area contributed by atoms with Crippen molar-refractivity contribution in [3.63, 3.8) is 0 Å². The van der Waals surface area contributed by atoms with E-state index in [1.165, 1.54) is 12.8 Å². The molecule has 5 heteroatoms. The molecule has 0 radical (unpaired) electrons. The number of anilines is 1. The molecule has 0 unspecified atom stereocenters. The fraction of sp³-hybridized carbons (Fsp3) is 0.400. The van der Waals surface area contributed by atoms with Gasteiger partial charge in [0.2, 0.25) is 0 Å². The molecule has 1 aliphatic rings. The number of hydrogen-bond donors (Lipinski definition) is 1. The fourth-order valence-corrected chi connectivity index (χ4v) is 2.52. The predicted molar refractivity (Wildman–Crippen MR) is 86.0 cm³/mol. The van der Waals surface area contributed by atoms with E-state index in [4.69, 9.17) is 22.9 Å². The molecule has 1 saturated carbocycles. The molecule has 1 aliphatic carbocycles. The summed E-state index contributed by atoms with van der Waals surface area (Å²) in [5.74, 6) is 0.974. The van der Waals surface area contributed by atoms with Gasteiger partial charge in [0.1, 0.15) is 0 Å². The maximum Gasteiger partial charge on any atom is 0.151 e. The van der Waals surface area contributed by atoms with Crippen LogP contribution in [0.1, 0.15) is 25.0 Å². The molecule has 1 heterocycles. The van der Waals surface area contributed by atoms with E-state index in [2.05, 4.69) is 9.88 Å². The van der Waals surface area contributed by atoms with E-state index < -0.39 is 0 Å². The Labute approximate surface area is 124 Å². The van der Waals surface area contributed by atoms with Gasteiger partial charge in [-0.2, -0.15) is 0 Å². The lowest BCUT2D eigenvalue weighted by Crippen LogP contribution is -2.31. The number of thiocarbonyl (C=S) groups is 1. The molecule has 1 aromatic carbocycles. The second kappa shape index (κ2) is 5.32. The second-order valence-corrected chi connectivity index (χ2v) is 5.79. The first-order valence-electron chi connectivity index (χ1n) is 6.93. The quantitative estimate of drug-likeness (QED) is 0.856. The number of aromatic nitrogens is 2. The lowest BCUT2D eigenvalue weighted by molar-refractivity contribution is 0.780. The van der Waals surface area contributed by atoms with Gasteiger partial charge < -0.3 is 10.6 Å². The summed E-state index contributed by atoms with van der Waals surface area (Å²) in [7, 11) is 0. The number of nitrogens with two attached hydrogens (primary N) is 1. The number of fused-ring (bicyclic) bond motifs is 1. The van der Waals surface area contributed by atoms with Crippen LogP contribution in [0.15, 0.2) is 24.3 Å². The van der Waals surface area contributed by atoms with E-state index in [1.54, 1.807) is 0 Å². The normalized spacial score (nSPS) is 14.4. The fourth-order valence-electron chi connectivity index (χ4n) is 2.43. The van der Waals surface area contributed by atoms with Crippen LogP contribution in [0.25, 0.3) is 11.0 Å². The van der Waals surface area contributed by atoms with Gasteiger partial charge in [0.15, 0.2) is 5.82 Å². The summed E-state index contributed by atoms with van der Waals surface area (Å²) >= 11 is 5.00. The van der Waals surface area contributed by atoms with Gasteiger partial charge >= 0.3 is 0 Å². The molecule has 0 aliphatic heterocycles. The van der Waals surface area contributed by atoms with E-state index in [9.17, 15) is 0 Å². The molecule has 1 fully saturated rings. The second-order valence-electron chi connectivity index (χ2n) is 5.26. The van der Waals surface area contributed by atoms with Gasteiger partial charge in [-0.15, -0.1) is 0 Å². The first-order chi connectivity index (χ1) is 9.65. The highest BCUT2D eigenvalue weighted by molar-refractivity contribution is 7.80. The van der Waals surface area contributed by atoms with Crippen LogP contribution in [0.2, 0.25) is 0 Å². The minimum atomic E-state index is 0.557. The highest BCUT2D eigenvalue weighted by Gasteiger charge is 2.31. The molecule has 104 valence electrons. The summed E-state index contributed by atoms with van der Waals surface area (Å²) in [6, 6.07) is 8.55. The van der Waals surface area contributed by atoms with E-state index in [1.807, 2.05) is 31.2 Å². The maximum absolute atomic E-state index is 5.64. The smallest absolute Gasteiger partial charge is 0.151 e. The zero-order chi connectivity index (χ0) is 14.1. The van der Waals surface area contributed by atoms with Crippen molar-refractivity contribution in [1.29, 1.82) is 0 Å². The molecule has 1 aromatic heterocycles. The highest BCUT2D eigenvalue weighted by Crippen LogP contribution is 2.32. The zero-order valence-corrected chi connectivity index (χ0v) is 12.4. The van der Waals surface area contributed by atoms with Crippen LogP contribution in [0.3, 0.4) is 0 Å². The molecule has 3 rings (SSSR count). The molecule has 0 bridgehead atoms. The van der Waals surface area contributed by atoms with Crippen molar-refractivity contribution in [3.05, 3.63) is 30.0 Å². The third-order valence-electron chi connectivity index (χ3n) is 3.58. The van der Waals surface area contributed by atoms with Gasteiger partial charge in [0.05, 0.1) is 21.7 Å². The van der Waals surface area contributed by atoms with Gasteiger partial charge in [0.25, 0.3) is 0 Å². The molecule has 2 aromatic rings. The Hall–Kier alpha value is -1.75. The van der Waals surface area contributed by atoms with Crippen molar-refractivity contribution in [2.45, 2.75) is 32.2 Å². The lowest BCUT2D eigenvalue weighted by Gasteiger charge is -2.24.